The molecule has 1 fully saturated rings. The van der Waals surface area contributed by atoms with Gasteiger partial charge in [0.15, 0.2) is 0 Å². The summed E-state index contributed by atoms with van der Waals surface area (Å²) in [6.45, 7) is 9.42. The van der Waals surface area contributed by atoms with Gasteiger partial charge in [-0.15, -0.1) is 23.2 Å². The van der Waals surface area contributed by atoms with Gasteiger partial charge in [0.2, 0.25) is 0 Å². The predicted molar refractivity (Wildman–Crippen MR) is 82.4 cm³/mol. The lowest BCUT2D eigenvalue weighted by Gasteiger charge is -2.30. The highest BCUT2D eigenvalue weighted by atomic mass is 35.5. The van der Waals surface area contributed by atoms with Crippen molar-refractivity contribution in [2.75, 3.05) is 6.61 Å². The van der Waals surface area contributed by atoms with Crippen LogP contribution in [0.1, 0.15) is 34.6 Å². The number of hydrogen-bond acceptors (Lipinski definition) is 3. The van der Waals surface area contributed by atoms with E-state index in [4.69, 9.17) is 27.9 Å². The lowest BCUT2D eigenvalue weighted by molar-refractivity contribution is -0.150. The smallest absolute Gasteiger partial charge is 0.330 e. The van der Waals surface area contributed by atoms with Crippen molar-refractivity contribution in [1.82, 2.24) is 0 Å². The lowest BCUT2D eigenvalue weighted by atomic mass is 9.72. The molecule has 0 aromatic carbocycles. The highest BCUT2D eigenvalue weighted by molar-refractivity contribution is 6.44. The van der Waals surface area contributed by atoms with Crippen molar-refractivity contribution in [2.24, 2.45) is 22.2 Å². The van der Waals surface area contributed by atoms with Gasteiger partial charge in [0.05, 0.1) is 5.41 Å². The van der Waals surface area contributed by atoms with Crippen LogP contribution >= 0.6 is 23.2 Å². The molecule has 0 bridgehead atoms. The molecule has 1 aliphatic carbocycles. The monoisotopic (exact) mass is 336 g/mol. The molecule has 0 unspecified atom stereocenters. The summed E-state index contributed by atoms with van der Waals surface area (Å²) in [5, 5.41) is 9.70. The highest BCUT2D eigenvalue weighted by Gasteiger charge is 2.79. The van der Waals surface area contributed by atoms with Crippen molar-refractivity contribution in [3.8, 4) is 0 Å². The van der Waals surface area contributed by atoms with Gasteiger partial charge in [-0.3, -0.25) is 4.79 Å². The number of hydrogen-bond donors (Lipinski definition) is 1. The Balaban J connectivity index is 2.90. The molecule has 0 heterocycles. The van der Waals surface area contributed by atoms with Crippen molar-refractivity contribution in [1.29, 1.82) is 0 Å². The number of carbonyl (C=O) groups excluding carboxylic acids is 1. The fourth-order valence-corrected chi connectivity index (χ4v) is 3.84. The van der Waals surface area contributed by atoms with E-state index < -0.39 is 33.0 Å². The van der Waals surface area contributed by atoms with Gasteiger partial charge in [-0.25, -0.2) is 4.79 Å². The summed E-state index contributed by atoms with van der Waals surface area (Å²) >= 11 is 11.0. The fourth-order valence-electron chi connectivity index (χ4n) is 3.72. The van der Waals surface area contributed by atoms with Crippen LogP contribution in [0.25, 0.3) is 0 Å². The van der Waals surface area contributed by atoms with E-state index in [1.54, 1.807) is 6.08 Å². The van der Waals surface area contributed by atoms with Crippen molar-refractivity contribution in [3.05, 3.63) is 12.2 Å². The van der Waals surface area contributed by atoms with E-state index in [9.17, 15) is 14.7 Å². The van der Waals surface area contributed by atoms with E-state index in [0.29, 0.717) is 0 Å². The maximum Gasteiger partial charge on any atom is 0.330 e. The number of allylic oxidation sites excluding steroid dienone is 1. The van der Waals surface area contributed by atoms with E-state index >= 15 is 0 Å². The quantitative estimate of drug-likeness (QED) is 0.472. The van der Waals surface area contributed by atoms with Crippen molar-refractivity contribution >= 4 is 35.1 Å². The molecule has 21 heavy (non-hydrogen) atoms. The third-order valence-electron chi connectivity index (χ3n) is 4.47. The summed E-state index contributed by atoms with van der Waals surface area (Å²) in [7, 11) is 0. The number of ether oxygens (including phenoxy) is 1. The standard InChI is InChI=1S/C15H22Cl2O4/c1-13(2,3)15(12(19)20)9(14(15,4)5)6-7-11(18)21-8-10(16)17/h6-7,9-10H,8H2,1-5H3,(H,19,20)/b7-6-/t9-,15+/m0/s1. The SMILES string of the molecule is CC(C)(C)[C@]1(C(=O)O)[C@@H](/C=C\C(=O)OCC(Cl)Cl)C1(C)C. The summed E-state index contributed by atoms with van der Waals surface area (Å²) in [5.74, 6) is -1.65. The lowest BCUT2D eigenvalue weighted by Crippen LogP contribution is -2.35. The molecule has 6 heteroatoms. The van der Waals surface area contributed by atoms with E-state index in [0.717, 1.165) is 0 Å². The van der Waals surface area contributed by atoms with Crippen LogP contribution in [0, 0.1) is 22.2 Å². The highest BCUT2D eigenvalue weighted by Crippen LogP contribution is 2.76. The molecule has 4 nitrogen and oxygen atoms in total. The van der Waals surface area contributed by atoms with Crippen LogP contribution in [0.2, 0.25) is 0 Å². The Labute approximate surface area is 135 Å². The Morgan fingerprint density at radius 1 is 1.33 bits per heavy atom. The summed E-state index contributed by atoms with van der Waals surface area (Å²) in [4.78, 5) is 22.6. The van der Waals surface area contributed by atoms with Gasteiger partial charge in [0.1, 0.15) is 11.4 Å². The topological polar surface area (TPSA) is 63.6 Å². The van der Waals surface area contributed by atoms with Gasteiger partial charge in [0.25, 0.3) is 0 Å². The molecular formula is C15H22Cl2O4. The van der Waals surface area contributed by atoms with Gasteiger partial charge >= 0.3 is 11.9 Å². The molecule has 0 spiro atoms. The van der Waals surface area contributed by atoms with E-state index in [1.807, 2.05) is 34.6 Å². The Morgan fingerprint density at radius 3 is 2.19 bits per heavy atom. The maximum atomic E-state index is 11.8. The third-order valence-corrected chi connectivity index (χ3v) is 4.73. The molecule has 1 rings (SSSR count). The number of carboxylic acid groups (broad SMARTS) is 1. The van der Waals surface area contributed by atoms with Crippen LogP contribution in [0.4, 0.5) is 0 Å². The van der Waals surface area contributed by atoms with Crippen LogP contribution in [-0.4, -0.2) is 28.5 Å². The van der Waals surface area contributed by atoms with Gasteiger partial charge in [0, 0.05) is 12.0 Å². The second-order valence-electron chi connectivity index (χ2n) is 6.94. The summed E-state index contributed by atoms with van der Waals surface area (Å²) < 4.78 is 4.83. The van der Waals surface area contributed by atoms with Crippen molar-refractivity contribution < 1.29 is 19.4 Å². The normalized spacial score (nSPS) is 27.9. The van der Waals surface area contributed by atoms with Crippen LogP contribution in [0.15, 0.2) is 12.2 Å². The van der Waals surface area contributed by atoms with Crippen LogP contribution < -0.4 is 0 Å². The zero-order valence-corrected chi connectivity index (χ0v) is 14.5. The molecule has 1 saturated carbocycles. The number of carbonyl (C=O) groups is 2. The average Bonchev–Trinajstić information content (AvgIpc) is 2.80. The molecule has 120 valence electrons. The molecule has 0 aromatic rings. The van der Waals surface area contributed by atoms with Gasteiger partial charge in [-0.05, 0) is 10.8 Å². The number of halogens is 2. The third kappa shape index (κ3) is 3.07. The minimum absolute atomic E-state index is 0.0936. The number of alkyl halides is 2. The zero-order valence-electron chi connectivity index (χ0n) is 12.9. The van der Waals surface area contributed by atoms with Crippen molar-refractivity contribution in [2.45, 2.75) is 39.5 Å². The van der Waals surface area contributed by atoms with Gasteiger partial charge in [-0.2, -0.15) is 0 Å². The Kier molecular flexibility index (Phi) is 5.06. The zero-order chi connectivity index (χ0) is 16.6. The number of carboxylic acids is 1. The largest absolute Gasteiger partial charge is 0.481 e. The Morgan fingerprint density at radius 2 is 1.86 bits per heavy atom. The Bertz CT molecular complexity index is 463. The molecule has 0 saturated heterocycles. The summed E-state index contributed by atoms with van der Waals surface area (Å²) in [5.41, 5.74) is -1.77. The van der Waals surface area contributed by atoms with Crippen LogP contribution in [-0.2, 0) is 14.3 Å². The van der Waals surface area contributed by atoms with Crippen molar-refractivity contribution in [3.63, 3.8) is 0 Å². The molecular weight excluding hydrogens is 315 g/mol. The van der Waals surface area contributed by atoms with E-state index in [-0.39, 0.29) is 12.5 Å². The first-order valence-electron chi connectivity index (χ1n) is 6.75. The second-order valence-corrected chi connectivity index (χ2v) is 8.22. The molecule has 0 aliphatic heterocycles. The van der Waals surface area contributed by atoms with Gasteiger partial charge in [-0.1, -0.05) is 40.7 Å². The Hall–Kier alpha value is -0.740. The molecule has 1 N–H and O–H groups in total. The minimum Gasteiger partial charge on any atom is -0.481 e. The predicted octanol–water partition coefficient (Wildman–Crippen LogP) is 3.66. The molecule has 0 aromatic heterocycles. The van der Waals surface area contributed by atoms with Crippen LogP contribution in [0.5, 0.6) is 0 Å². The molecule has 0 amide bonds. The fraction of sp³-hybridized carbons (Fsp3) is 0.733. The maximum absolute atomic E-state index is 11.8. The van der Waals surface area contributed by atoms with Gasteiger partial charge < -0.3 is 9.84 Å². The summed E-state index contributed by atoms with van der Waals surface area (Å²) in [6, 6.07) is 0. The van der Waals surface area contributed by atoms with E-state index in [1.165, 1.54) is 6.08 Å². The number of rotatable bonds is 5. The molecule has 2 atom stereocenters. The van der Waals surface area contributed by atoms with E-state index in [2.05, 4.69) is 0 Å². The number of aliphatic carboxylic acids is 1. The average molecular weight is 337 g/mol. The number of esters is 1. The molecule has 1 aliphatic rings. The minimum atomic E-state index is -0.904. The molecule has 0 radical (unpaired) electrons. The second kappa shape index (κ2) is 5.81. The van der Waals surface area contributed by atoms with Crippen LogP contribution in [0.3, 0.4) is 0 Å². The first-order valence-corrected chi connectivity index (χ1v) is 7.62. The first kappa shape index (κ1) is 18.3. The summed E-state index contributed by atoms with van der Waals surface area (Å²) in [6.07, 6.45) is 2.89. The first-order chi connectivity index (χ1) is 9.39.